The van der Waals surface area contributed by atoms with Gasteiger partial charge in [-0.1, -0.05) is 27.7 Å². The highest BCUT2D eigenvalue weighted by Crippen LogP contribution is 2.20. The van der Waals surface area contributed by atoms with E-state index in [4.69, 9.17) is 5.73 Å². The standard InChI is InChI=1S/C16H29N3O4/c1-9(2)8-11(17)14(20)18-13(10(3)4)15(21)19-7-5-6-12(19)16(22)23/h9-13H,5-8,17H2,1-4H3,(H,18,20)(H,22,23). The van der Waals surface area contributed by atoms with Crippen molar-refractivity contribution in [2.45, 2.75) is 65.1 Å². The lowest BCUT2D eigenvalue weighted by Crippen LogP contribution is -2.56. The number of carboxylic acids is 1. The number of nitrogens with two attached hydrogens (primary N) is 1. The van der Waals surface area contributed by atoms with Gasteiger partial charge in [0, 0.05) is 6.54 Å². The van der Waals surface area contributed by atoms with Crippen LogP contribution in [0.5, 0.6) is 0 Å². The molecule has 0 aromatic heterocycles. The van der Waals surface area contributed by atoms with Crippen LogP contribution in [0.3, 0.4) is 0 Å². The topological polar surface area (TPSA) is 113 Å². The van der Waals surface area contributed by atoms with Gasteiger partial charge in [-0.3, -0.25) is 9.59 Å². The summed E-state index contributed by atoms with van der Waals surface area (Å²) in [6.45, 7) is 8.00. The Morgan fingerprint density at radius 3 is 2.35 bits per heavy atom. The Morgan fingerprint density at radius 1 is 1.26 bits per heavy atom. The summed E-state index contributed by atoms with van der Waals surface area (Å²) in [5.41, 5.74) is 5.86. The zero-order valence-corrected chi connectivity index (χ0v) is 14.4. The summed E-state index contributed by atoms with van der Waals surface area (Å²) >= 11 is 0. The average molecular weight is 327 g/mol. The van der Waals surface area contributed by atoms with Crippen molar-refractivity contribution < 1.29 is 19.5 Å². The molecule has 3 atom stereocenters. The quantitative estimate of drug-likeness (QED) is 0.633. The first-order valence-electron chi connectivity index (χ1n) is 8.24. The van der Waals surface area contributed by atoms with Crippen LogP contribution in [0.15, 0.2) is 0 Å². The van der Waals surface area contributed by atoms with Crippen molar-refractivity contribution in [3.8, 4) is 0 Å². The molecule has 1 heterocycles. The highest BCUT2D eigenvalue weighted by Gasteiger charge is 2.38. The van der Waals surface area contributed by atoms with Crippen LogP contribution in [0.25, 0.3) is 0 Å². The number of amides is 2. The predicted molar refractivity (Wildman–Crippen MR) is 86.6 cm³/mol. The second-order valence-electron chi connectivity index (χ2n) is 6.99. The highest BCUT2D eigenvalue weighted by atomic mass is 16.4. The molecule has 2 amide bonds. The first-order valence-corrected chi connectivity index (χ1v) is 8.24. The predicted octanol–water partition coefficient (Wildman–Crippen LogP) is 0.576. The summed E-state index contributed by atoms with van der Waals surface area (Å²) < 4.78 is 0. The van der Waals surface area contributed by atoms with E-state index >= 15 is 0 Å². The number of carbonyl (C=O) groups excluding carboxylic acids is 2. The summed E-state index contributed by atoms with van der Waals surface area (Å²) in [6, 6.07) is -2.22. The van der Waals surface area contributed by atoms with E-state index in [1.54, 1.807) is 0 Å². The van der Waals surface area contributed by atoms with Crippen molar-refractivity contribution in [2.24, 2.45) is 17.6 Å². The first-order chi connectivity index (χ1) is 10.6. The first kappa shape index (κ1) is 19.4. The number of likely N-dealkylation sites (tertiary alicyclic amines) is 1. The van der Waals surface area contributed by atoms with Crippen molar-refractivity contribution in [1.29, 1.82) is 0 Å². The third kappa shape index (κ3) is 5.20. The lowest BCUT2D eigenvalue weighted by Gasteiger charge is -2.30. The summed E-state index contributed by atoms with van der Waals surface area (Å²) in [5, 5.41) is 11.9. The van der Waals surface area contributed by atoms with Crippen LogP contribution in [0.2, 0.25) is 0 Å². The van der Waals surface area contributed by atoms with Crippen molar-refractivity contribution in [3.05, 3.63) is 0 Å². The number of hydrogen-bond acceptors (Lipinski definition) is 4. The Bertz CT molecular complexity index is 451. The lowest BCUT2D eigenvalue weighted by molar-refractivity contribution is -0.150. The van der Waals surface area contributed by atoms with Gasteiger partial charge in [0.2, 0.25) is 11.8 Å². The SMILES string of the molecule is CC(C)CC(N)C(=O)NC(C(=O)N1CCCC1C(=O)O)C(C)C. The molecule has 0 aromatic rings. The Kier molecular flexibility index (Phi) is 7.00. The number of hydrogen-bond donors (Lipinski definition) is 3. The van der Waals surface area contributed by atoms with Crippen LogP contribution >= 0.6 is 0 Å². The Labute approximate surface area is 137 Å². The zero-order chi connectivity index (χ0) is 17.7. The molecule has 1 rings (SSSR count). The summed E-state index contributed by atoms with van der Waals surface area (Å²) in [4.78, 5) is 37.5. The van der Waals surface area contributed by atoms with E-state index in [-0.39, 0.29) is 23.7 Å². The molecule has 0 spiro atoms. The molecule has 0 bridgehead atoms. The summed E-state index contributed by atoms with van der Waals surface area (Å²) in [6.07, 6.45) is 1.65. The number of carboxylic acid groups (broad SMARTS) is 1. The van der Waals surface area contributed by atoms with Gasteiger partial charge >= 0.3 is 5.97 Å². The minimum Gasteiger partial charge on any atom is -0.480 e. The van der Waals surface area contributed by atoms with Crippen LogP contribution in [-0.4, -0.2) is 52.5 Å². The molecule has 0 saturated carbocycles. The zero-order valence-electron chi connectivity index (χ0n) is 14.4. The smallest absolute Gasteiger partial charge is 0.326 e. The van der Waals surface area contributed by atoms with E-state index < -0.39 is 24.1 Å². The maximum absolute atomic E-state index is 12.7. The number of nitrogens with one attached hydrogen (secondary N) is 1. The molecule has 0 radical (unpaired) electrons. The van der Waals surface area contributed by atoms with Crippen molar-refractivity contribution >= 4 is 17.8 Å². The third-order valence-electron chi connectivity index (χ3n) is 4.11. The third-order valence-corrected chi connectivity index (χ3v) is 4.11. The second-order valence-corrected chi connectivity index (χ2v) is 6.99. The second kappa shape index (κ2) is 8.29. The molecule has 1 aliphatic heterocycles. The van der Waals surface area contributed by atoms with Crippen LogP contribution in [0.1, 0.15) is 47.0 Å². The van der Waals surface area contributed by atoms with E-state index in [0.29, 0.717) is 25.8 Å². The van der Waals surface area contributed by atoms with Crippen molar-refractivity contribution in [1.82, 2.24) is 10.2 Å². The molecular formula is C16H29N3O4. The fraction of sp³-hybridized carbons (Fsp3) is 0.812. The van der Waals surface area contributed by atoms with Gasteiger partial charge < -0.3 is 21.1 Å². The molecule has 7 nitrogen and oxygen atoms in total. The van der Waals surface area contributed by atoms with Gasteiger partial charge in [0.25, 0.3) is 0 Å². The van der Waals surface area contributed by atoms with Gasteiger partial charge in [-0.15, -0.1) is 0 Å². The van der Waals surface area contributed by atoms with Gasteiger partial charge in [0.05, 0.1) is 6.04 Å². The van der Waals surface area contributed by atoms with Crippen LogP contribution in [0, 0.1) is 11.8 Å². The molecule has 1 saturated heterocycles. The minimum atomic E-state index is -0.999. The Hall–Kier alpha value is -1.63. The van der Waals surface area contributed by atoms with E-state index in [9.17, 15) is 19.5 Å². The van der Waals surface area contributed by atoms with Crippen LogP contribution in [0.4, 0.5) is 0 Å². The minimum absolute atomic E-state index is 0.146. The van der Waals surface area contributed by atoms with E-state index in [1.165, 1.54) is 4.90 Å². The molecule has 3 unspecified atom stereocenters. The van der Waals surface area contributed by atoms with Crippen molar-refractivity contribution in [3.63, 3.8) is 0 Å². The molecule has 132 valence electrons. The van der Waals surface area contributed by atoms with Gasteiger partial charge in [0.1, 0.15) is 12.1 Å². The van der Waals surface area contributed by atoms with E-state index in [1.807, 2.05) is 27.7 Å². The molecule has 23 heavy (non-hydrogen) atoms. The number of carbonyl (C=O) groups is 3. The lowest BCUT2D eigenvalue weighted by atomic mass is 10.00. The van der Waals surface area contributed by atoms with Gasteiger partial charge in [-0.05, 0) is 31.1 Å². The number of aliphatic carboxylic acids is 1. The molecule has 0 aromatic carbocycles. The molecule has 1 fully saturated rings. The molecule has 0 aliphatic carbocycles. The highest BCUT2D eigenvalue weighted by molar-refractivity contribution is 5.92. The van der Waals surface area contributed by atoms with Gasteiger partial charge in [0.15, 0.2) is 0 Å². The van der Waals surface area contributed by atoms with Crippen LogP contribution < -0.4 is 11.1 Å². The molecular weight excluding hydrogens is 298 g/mol. The van der Waals surface area contributed by atoms with E-state index in [2.05, 4.69) is 5.32 Å². The maximum Gasteiger partial charge on any atom is 0.326 e. The molecule has 1 aliphatic rings. The monoisotopic (exact) mass is 327 g/mol. The molecule has 7 heteroatoms. The fourth-order valence-corrected chi connectivity index (χ4v) is 2.85. The van der Waals surface area contributed by atoms with Crippen molar-refractivity contribution in [2.75, 3.05) is 6.54 Å². The number of rotatable bonds is 7. The van der Waals surface area contributed by atoms with E-state index in [0.717, 1.165) is 0 Å². The fourth-order valence-electron chi connectivity index (χ4n) is 2.85. The molecule has 4 N–H and O–H groups in total. The average Bonchev–Trinajstić information content (AvgIpc) is 2.92. The summed E-state index contributed by atoms with van der Waals surface area (Å²) in [7, 11) is 0. The Morgan fingerprint density at radius 2 is 1.87 bits per heavy atom. The largest absolute Gasteiger partial charge is 0.480 e. The number of nitrogens with zero attached hydrogens (tertiary/aromatic N) is 1. The van der Waals surface area contributed by atoms with Crippen LogP contribution in [-0.2, 0) is 14.4 Å². The Balaban J connectivity index is 2.80. The normalized spacial score (nSPS) is 20.7. The van der Waals surface area contributed by atoms with Gasteiger partial charge in [-0.2, -0.15) is 0 Å². The van der Waals surface area contributed by atoms with Gasteiger partial charge in [-0.25, -0.2) is 4.79 Å². The summed E-state index contributed by atoms with van der Waals surface area (Å²) in [5.74, 6) is -1.57. The maximum atomic E-state index is 12.7.